The van der Waals surface area contributed by atoms with E-state index in [1.54, 1.807) is 14.2 Å². The number of ether oxygens (including phenoxy) is 2. The minimum Gasteiger partial charge on any atom is -0.497 e. The SMILES string of the molecule is COc1cc(CCC(=O)N[C@H]2CCCc3ccccc32)cc(OC)c1. The lowest BCUT2D eigenvalue weighted by Gasteiger charge is -2.26. The first kappa shape index (κ1) is 17.3. The van der Waals surface area contributed by atoms with Crippen LogP contribution in [0.2, 0.25) is 0 Å². The van der Waals surface area contributed by atoms with Crippen molar-refractivity contribution < 1.29 is 14.3 Å². The van der Waals surface area contributed by atoms with Crippen molar-refractivity contribution in [3.05, 3.63) is 59.2 Å². The number of carbonyl (C=O) groups excluding carboxylic acids is 1. The van der Waals surface area contributed by atoms with Crippen molar-refractivity contribution in [2.75, 3.05) is 14.2 Å². The fraction of sp³-hybridized carbons (Fsp3) is 0.381. The van der Waals surface area contributed by atoms with Crippen LogP contribution in [-0.2, 0) is 17.6 Å². The third-order valence-corrected chi connectivity index (χ3v) is 4.76. The summed E-state index contributed by atoms with van der Waals surface area (Å²) >= 11 is 0. The molecule has 0 aliphatic heterocycles. The first-order chi connectivity index (χ1) is 12.2. The van der Waals surface area contributed by atoms with E-state index in [0.29, 0.717) is 12.8 Å². The molecule has 25 heavy (non-hydrogen) atoms. The molecule has 1 amide bonds. The van der Waals surface area contributed by atoms with Gasteiger partial charge in [0, 0.05) is 12.5 Å². The van der Waals surface area contributed by atoms with E-state index in [0.717, 1.165) is 36.3 Å². The number of nitrogens with one attached hydrogen (secondary N) is 1. The molecular formula is C21H25NO3. The van der Waals surface area contributed by atoms with Gasteiger partial charge >= 0.3 is 0 Å². The van der Waals surface area contributed by atoms with Crippen molar-refractivity contribution in [2.24, 2.45) is 0 Å². The van der Waals surface area contributed by atoms with E-state index in [2.05, 4.69) is 23.5 Å². The predicted molar refractivity (Wildman–Crippen MR) is 98.1 cm³/mol. The molecule has 4 heteroatoms. The number of amides is 1. The summed E-state index contributed by atoms with van der Waals surface area (Å²) in [6.45, 7) is 0. The van der Waals surface area contributed by atoms with Gasteiger partial charge in [0.15, 0.2) is 0 Å². The Bertz CT molecular complexity index is 719. The summed E-state index contributed by atoms with van der Waals surface area (Å²) in [5, 5.41) is 3.20. The van der Waals surface area contributed by atoms with Crippen LogP contribution in [0.4, 0.5) is 0 Å². The van der Waals surface area contributed by atoms with Crippen molar-refractivity contribution >= 4 is 5.91 Å². The molecule has 0 spiro atoms. The molecule has 1 atom stereocenters. The van der Waals surface area contributed by atoms with Gasteiger partial charge in [0.2, 0.25) is 5.91 Å². The zero-order chi connectivity index (χ0) is 17.6. The van der Waals surface area contributed by atoms with Crippen LogP contribution in [0.25, 0.3) is 0 Å². The monoisotopic (exact) mass is 339 g/mol. The molecule has 2 aromatic carbocycles. The highest BCUT2D eigenvalue weighted by molar-refractivity contribution is 5.76. The van der Waals surface area contributed by atoms with E-state index in [4.69, 9.17) is 9.47 Å². The molecule has 3 rings (SSSR count). The number of hydrogen-bond acceptors (Lipinski definition) is 3. The summed E-state index contributed by atoms with van der Waals surface area (Å²) in [5.74, 6) is 1.58. The highest BCUT2D eigenvalue weighted by Crippen LogP contribution is 2.29. The zero-order valence-corrected chi connectivity index (χ0v) is 14.9. The van der Waals surface area contributed by atoms with Gasteiger partial charge in [-0.2, -0.15) is 0 Å². The number of fused-ring (bicyclic) bond motifs is 1. The lowest BCUT2D eigenvalue weighted by atomic mass is 9.87. The minimum atomic E-state index is 0.0866. The normalized spacial score (nSPS) is 16.0. The molecule has 0 radical (unpaired) electrons. The standard InChI is InChI=1S/C21H25NO3/c1-24-17-12-15(13-18(14-17)25-2)10-11-21(23)22-20-9-5-7-16-6-3-4-8-19(16)20/h3-4,6,8,12-14,20H,5,7,9-11H2,1-2H3,(H,22,23)/t20-/m0/s1. The Morgan fingerprint density at radius 2 is 1.84 bits per heavy atom. The molecule has 0 saturated heterocycles. The molecule has 2 aromatic rings. The maximum Gasteiger partial charge on any atom is 0.220 e. The van der Waals surface area contributed by atoms with Crippen LogP contribution in [0.15, 0.2) is 42.5 Å². The summed E-state index contributed by atoms with van der Waals surface area (Å²) in [6.07, 6.45) is 4.35. The van der Waals surface area contributed by atoms with Crippen molar-refractivity contribution in [2.45, 2.75) is 38.1 Å². The van der Waals surface area contributed by atoms with E-state index < -0.39 is 0 Å². The number of rotatable bonds is 6. The summed E-state index contributed by atoms with van der Waals surface area (Å²) in [4.78, 5) is 12.4. The average Bonchev–Trinajstić information content (AvgIpc) is 2.66. The Balaban J connectivity index is 1.61. The number of carbonyl (C=O) groups is 1. The fourth-order valence-electron chi connectivity index (χ4n) is 3.44. The van der Waals surface area contributed by atoms with Crippen LogP contribution in [0.5, 0.6) is 11.5 Å². The molecule has 0 heterocycles. The fourth-order valence-corrected chi connectivity index (χ4v) is 3.44. The Kier molecular flexibility index (Phi) is 5.59. The average molecular weight is 339 g/mol. The zero-order valence-electron chi connectivity index (χ0n) is 14.9. The second-order valence-corrected chi connectivity index (χ2v) is 6.43. The molecule has 4 nitrogen and oxygen atoms in total. The maximum atomic E-state index is 12.4. The van der Waals surface area contributed by atoms with Crippen molar-refractivity contribution in [1.82, 2.24) is 5.32 Å². The Morgan fingerprint density at radius 1 is 1.12 bits per heavy atom. The maximum absolute atomic E-state index is 12.4. The van der Waals surface area contributed by atoms with E-state index >= 15 is 0 Å². The number of benzene rings is 2. The molecule has 0 aromatic heterocycles. The molecule has 1 aliphatic carbocycles. The minimum absolute atomic E-state index is 0.0866. The third kappa shape index (κ3) is 4.32. The smallest absolute Gasteiger partial charge is 0.220 e. The molecule has 1 aliphatic rings. The van der Waals surface area contributed by atoms with E-state index in [1.807, 2.05) is 24.3 Å². The summed E-state index contributed by atoms with van der Waals surface area (Å²) < 4.78 is 10.6. The van der Waals surface area contributed by atoms with Crippen LogP contribution in [0.1, 0.15) is 42.0 Å². The van der Waals surface area contributed by atoms with Crippen molar-refractivity contribution in [1.29, 1.82) is 0 Å². The van der Waals surface area contributed by atoms with Crippen LogP contribution in [-0.4, -0.2) is 20.1 Å². The van der Waals surface area contributed by atoms with Crippen LogP contribution < -0.4 is 14.8 Å². The van der Waals surface area contributed by atoms with Crippen LogP contribution >= 0.6 is 0 Å². The van der Waals surface area contributed by atoms with Gasteiger partial charge < -0.3 is 14.8 Å². The Labute approximate surface area is 149 Å². The second-order valence-electron chi connectivity index (χ2n) is 6.43. The predicted octanol–water partition coefficient (Wildman–Crippen LogP) is 3.83. The largest absolute Gasteiger partial charge is 0.497 e. The Morgan fingerprint density at radius 3 is 2.56 bits per heavy atom. The van der Waals surface area contributed by atoms with Crippen molar-refractivity contribution in [3.8, 4) is 11.5 Å². The quantitative estimate of drug-likeness (QED) is 0.870. The van der Waals surface area contributed by atoms with Gasteiger partial charge in [-0.3, -0.25) is 4.79 Å². The molecular weight excluding hydrogens is 314 g/mol. The van der Waals surface area contributed by atoms with E-state index in [1.165, 1.54) is 11.1 Å². The van der Waals surface area contributed by atoms with Crippen LogP contribution in [0.3, 0.4) is 0 Å². The summed E-state index contributed by atoms with van der Waals surface area (Å²) in [6, 6.07) is 14.3. The molecule has 132 valence electrons. The van der Waals surface area contributed by atoms with Gasteiger partial charge in [0.05, 0.1) is 20.3 Å². The topological polar surface area (TPSA) is 47.6 Å². The van der Waals surface area contributed by atoms with E-state index in [-0.39, 0.29) is 11.9 Å². The second kappa shape index (κ2) is 8.06. The molecule has 0 saturated carbocycles. The summed E-state index contributed by atoms with van der Waals surface area (Å²) in [5.41, 5.74) is 3.66. The summed E-state index contributed by atoms with van der Waals surface area (Å²) in [7, 11) is 3.26. The van der Waals surface area contributed by atoms with Gasteiger partial charge in [0.25, 0.3) is 0 Å². The number of hydrogen-bond donors (Lipinski definition) is 1. The highest BCUT2D eigenvalue weighted by Gasteiger charge is 2.21. The number of methoxy groups -OCH3 is 2. The molecule has 0 unspecified atom stereocenters. The molecule has 0 fully saturated rings. The van der Waals surface area contributed by atoms with Crippen molar-refractivity contribution in [3.63, 3.8) is 0 Å². The Hall–Kier alpha value is -2.49. The van der Waals surface area contributed by atoms with E-state index in [9.17, 15) is 4.79 Å². The highest BCUT2D eigenvalue weighted by atomic mass is 16.5. The molecule has 1 N–H and O–H groups in total. The number of aryl methyl sites for hydroxylation is 2. The third-order valence-electron chi connectivity index (χ3n) is 4.76. The first-order valence-corrected chi connectivity index (χ1v) is 8.78. The van der Waals surface area contributed by atoms with Gasteiger partial charge in [-0.1, -0.05) is 24.3 Å². The van der Waals surface area contributed by atoms with Gasteiger partial charge in [0.1, 0.15) is 11.5 Å². The van der Waals surface area contributed by atoms with Crippen LogP contribution in [0, 0.1) is 0 Å². The van der Waals surface area contributed by atoms with Gasteiger partial charge in [-0.15, -0.1) is 0 Å². The first-order valence-electron chi connectivity index (χ1n) is 8.78. The van der Waals surface area contributed by atoms with Gasteiger partial charge in [-0.05, 0) is 54.5 Å². The lowest BCUT2D eigenvalue weighted by molar-refractivity contribution is -0.121. The molecule has 0 bridgehead atoms. The van der Waals surface area contributed by atoms with Gasteiger partial charge in [-0.25, -0.2) is 0 Å². The lowest BCUT2D eigenvalue weighted by Crippen LogP contribution is -2.31.